The Morgan fingerprint density at radius 1 is 0.969 bits per heavy atom. The molecule has 0 unspecified atom stereocenters. The number of carbonyl (C=O) groups is 2. The Kier molecular flexibility index (Phi) is 6.97. The molecule has 0 spiro atoms. The normalized spacial score (nSPS) is 14.2. The van der Waals surface area contributed by atoms with E-state index in [2.05, 4.69) is 26.2 Å². The van der Waals surface area contributed by atoms with Crippen LogP contribution in [0.2, 0.25) is 0 Å². The van der Waals surface area contributed by atoms with Gasteiger partial charge in [0.05, 0.1) is 12.2 Å². The number of amides is 3. The van der Waals surface area contributed by atoms with Crippen LogP contribution in [0.25, 0.3) is 5.69 Å². The van der Waals surface area contributed by atoms with E-state index in [0.717, 1.165) is 11.4 Å². The van der Waals surface area contributed by atoms with Gasteiger partial charge in [-0.25, -0.2) is 4.79 Å². The Labute approximate surface area is 190 Å². The quantitative estimate of drug-likeness (QED) is 0.552. The fourth-order valence-corrected chi connectivity index (χ4v) is 3.85. The number of nitrogens with one attached hydrogen (secondary N) is 2. The zero-order valence-electron chi connectivity index (χ0n) is 17.6. The smallest absolute Gasteiger partial charge is 0.321 e. The van der Waals surface area contributed by atoms with Crippen molar-refractivity contribution in [3.8, 4) is 5.69 Å². The maximum Gasteiger partial charge on any atom is 0.321 e. The summed E-state index contributed by atoms with van der Waals surface area (Å²) in [6.45, 7) is 2.67. The van der Waals surface area contributed by atoms with Crippen LogP contribution in [0.3, 0.4) is 0 Å². The zero-order valence-corrected chi connectivity index (χ0v) is 18.5. The Bertz CT molecular complexity index is 1070. The monoisotopic (exact) mass is 452 g/mol. The first-order valence-electron chi connectivity index (χ1n) is 10.2. The van der Waals surface area contributed by atoms with Crippen LogP contribution >= 0.6 is 11.8 Å². The molecule has 1 fully saturated rings. The van der Waals surface area contributed by atoms with Gasteiger partial charge in [-0.1, -0.05) is 36.0 Å². The van der Waals surface area contributed by atoms with Gasteiger partial charge in [-0.05, 0) is 47.0 Å². The number of anilines is 2. The molecule has 2 heterocycles. The number of hydrogen-bond acceptors (Lipinski definition) is 7. The minimum atomic E-state index is -0.169. The summed E-state index contributed by atoms with van der Waals surface area (Å²) in [5, 5.41) is 18.2. The lowest BCUT2D eigenvalue weighted by Crippen LogP contribution is -2.51. The topological polar surface area (TPSA) is 108 Å². The molecule has 1 saturated heterocycles. The highest BCUT2D eigenvalue weighted by Gasteiger charge is 2.22. The van der Waals surface area contributed by atoms with E-state index in [1.54, 1.807) is 9.58 Å². The van der Waals surface area contributed by atoms with Gasteiger partial charge < -0.3 is 15.5 Å². The molecule has 1 aromatic heterocycles. The lowest BCUT2D eigenvalue weighted by Gasteiger charge is -2.34. The molecule has 11 heteroatoms. The summed E-state index contributed by atoms with van der Waals surface area (Å²) in [5.74, 6) is -0.0573. The molecule has 0 aliphatic carbocycles. The van der Waals surface area contributed by atoms with E-state index in [1.807, 2.05) is 65.8 Å². The lowest BCUT2D eigenvalue weighted by molar-refractivity contribution is -0.117. The van der Waals surface area contributed by atoms with Gasteiger partial charge in [0.2, 0.25) is 11.1 Å². The molecule has 10 nitrogen and oxygen atoms in total. The predicted molar refractivity (Wildman–Crippen MR) is 123 cm³/mol. The van der Waals surface area contributed by atoms with Crippen LogP contribution < -0.4 is 10.6 Å². The highest BCUT2D eigenvalue weighted by atomic mass is 32.2. The molecule has 3 aromatic rings. The van der Waals surface area contributed by atoms with E-state index in [-0.39, 0.29) is 11.9 Å². The van der Waals surface area contributed by atoms with Crippen LogP contribution in [0.15, 0.2) is 59.8 Å². The molecular formula is C21H24N8O2S. The standard InChI is InChI=1S/C21H24N8O2S/c1-32-21-24-25-26-29(21)18-9-5-8-17(14-18)23-20(31)28-12-10-27(11-13-28)15-19(30)22-16-6-3-2-4-7-16/h2-9,14H,10-13,15H2,1H3,(H,22,30)(H,23,31). The Balaban J connectivity index is 1.28. The molecule has 32 heavy (non-hydrogen) atoms. The molecule has 2 aromatic carbocycles. The zero-order chi connectivity index (χ0) is 22.3. The first-order valence-corrected chi connectivity index (χ1v) is 11.4. The molecule has 1 aliphatic heterocycles. The van der Waals surface area contributed by atoms with E-state index in [1.165, 1.54) is 11.8 Å². The molecule has 0 bridgehead atoms. The number of hydrogen-bond donors (Lipinski definition) is 2. The van der Waals surface area contributed by atoms with Crippen LogP contribution in [0.4, 0.5) is 16.2 Å². The summed E-state index contributed by atoms with van der Waals surface area (Å²) < 4.78 is 1.62. The van der Waals surface area contributed by atoms with Crippen LogP contribution in [0, 0.1) is 0 Å². The highest BCUT2D eigenvalue weighted by Crippen LogP contribution is 2.19. The Morgan fingerprint density at radius 3 is 2.47 bits per heavy atom. The fourth-order valence-electron chi connectivity index (χ4n) is 3.42. The number of urea groups is 1. The average molecular weight is 453 g/mol. The van der Waals surface area contributed by atoms with Crippen LogP contribution in [-0.4, -0.2) is 80.9 Å². The van der Waals surface area contributed by atoms with Crippen molar-refractivity contribution in [3.05, 3.63) is 54.6 Å². The summed E-state index contributed by atoms with van der Waals surface area (Å²) in [6, 6.07) is 16.6. The molecule has 1 aliphatic rings. The second-order valence-electron chi connectivity index (χ2n) is 7.24. The first-order chi connectivity index (χ1) is 15.6. The summed E-state index contributed by atoms with van der Waals surface area (Å²) in [6.07, 6.45) is 1.90. The minimum Gasteiger partial charge on any atom is -0.325 e. The summed E-state index contributed by atoms with van der Waals surface area (Å²) in [4.78, 5) is 28.8. The maximum atomic E-state index is 12.7. The predicted octanol–water partition coefficient (Wildman–Crippen LogP) is 2.17. The molecule has 0 saturated carbocycles. The number of rotatable bonds is 6. The average Bonchev–Trinajstić information content (AvgIpc) is 3.29. The molecular weight excluding hydrogens is 428 g/mol. The molecule has 3 amide bonds. The Morgan fingerprint density at radius 2 is 1.72 bits per heavy atom. The number of tetrazole rings is 1. The van der Waals surface area contributed by atoms with Crippen LogP contribution in [0.5, 0.6) is 0 Å². The van der Waals surface area contributed by atoms with Crippen molar-refractivity contribution < 1.29 is 9.59 Å². The third-order valence-corrected chi connectivity index (χ3v) is 5.67. The summed E-state index contributed by atoms with van der Waals surface area (Å²) >= 11 is 1.44. The van der Waals surface area contributed by atoms with E-state index in [4.69, 9.17) is 0 Å². The fraction of sp³-hybridized carbons (Fsp3) is 0.286. The second kappa shape index (κ2) is 10.2. The van der Waals surface area contributed by atoms with Crippen molar-refractivity contribution in [2.24, 2.45) is 0 Å². The minimum absolute atomic E-state index is 0.0573. The van der Waals surface area contributed by atoms with Gasteiger partial charge in [0.25, 0.3) is 0 Å². The third kappa shape index (κ3) is 5.42. The van der Waals surface area contributed by atoms with Crippen molar-refractivity contribution in [2.45, 2.75) is 5.16 Å². The second-order valence-corrected chi connectivity index (χ2v) is 8.01. The lowest BCUT2D eigenvalue weighted by atomic mass is 10.2. The van der Waals surface area contributed by atoms with Gasteiger partial charge in [-0.2, -0.15) is 4.68 Å². The largest absolute Gasteiger partial charge is 0.325 e. The van der Waals surface area contributed by atoms with Gasteiger partial charge in [0, 0.05) is 37.6 Å². The number of piperazine rings is 1. The molecule has 4 rings (SSSR count). The SMILES string of the molecule is CSc1nnnn1-c1cccc(NC(=O)N2CCN(CC(=O)Nc3ccccc3)CC2)c1. The highest BCUT2D eigenvalue weighted by molar-refractivity contribution is 7.98. The van der Waals surface area contributed by atoms with Crippen molar-refractivity contribution >= 4 is 35.1 Å². The van der Waals surface area contributed by atoms with E-state index >= 15 is 0 Å². The van der Waals surface area contributed by atoms with Crippen molar-refractivity contribution in [3.63, 3.8) is 0 Å². The van der Waals surface area contributed by atoms with Crippen molar-refractivity contribution in [1.29, 1.82) is 0 Å². The molecule has 166 valence electrons. The van der Waals surface area contributed by atoms with Crippen molar-refractivity contribution in [2.75, 3.05) is 49.6 Å². The number of aromatic nitrogens is 4. The number of nitrogens with zero attached hydrogens (tertiary/aromatic N) is 6. The van der Waals surface area contributed by atoms with E-state index < -0.39 is 0 Å². The summed E-state index contributed by atoms with van der Waals surface area (Å²) in [7, 11) is 0. The van der Waals surface area contributed by atoms with Crippen LogP contribution in [-0.2, 0) is 4.79 Å². The third-order valence-electron chi connectivity index (χ3n) is 5.05. The molecule has 0 atom stereocenters. The van der Waals surface area contributed by atoms with Crippen LogP contribution in [0.1, 0.15) is 0 Å². The maximum absolute atomic E-state index is 12.7. The van der Waals surface area contributed by atoms with E-state index in [9.17, 15) is 9.59 Å². The Hall–Kier alpha value is -3.44. The van der Waals surface area contributed by atoms with Gasteiger partial charge in [-0.15, -0.1) is 5.10 Å². The number of thioether (sulfide) groups is 1. The molecule has 0 radical (unpaired) electrons. The summed E-state index contributed by atoms with van der Waals surface area (Å²) in [5.41, 5.74) is 2.22. The first kappa shape index (κ1) is 21.8. The van der Waals surface area contributed by atoms with Gasteiger partial charge in [-0.3, -0.25) is 9.69 Å². The molecule has 2 N–H and O–H groups in total. The number of carbonyl (C=O) groups excluding carboxylic acids is 2. The van der Waals surface area contributed by atoms with Crippen molar-refractivity contribution in [1.82, 2.24) is 30.0 Å². The number of para-hydroxylation sites is 1. The van der Waals surface area contributed by atoms with E-state index in [0.29, 0.717) is 43.6 Å². The number of benzene rings is 2. The van der Waals surface area contributed by atoms with Gasteiger partial charge in [0.15, 0.2) is 0 Å². The van der Waals surface area contributed by atoms with Gasteiger partial charge in [0.1, 0.15) is 0 Å². The van der Waals surface area contributed by atoms with Gasteiger partial charge >= 0.3 is 6.03 Å².